The van der Waals surface area contributed by atoms with Gasteiger partial charge in [-0.05, 0) is 43.2 Å². The summed E-state index contributed by atoms with van der Waals surface area (Å²) in [6.07, 6.45) is -0.326. The van der Waals surface area contributed by atoms with Gasteiger partial charge in [0.25, 0.3) is 5.91 Å². The SMILES string of the molecule is O=C[C@H]1C[C@H](n2cc3cc(NC(=O)c4cccc(C(F)(F)F)n4)ccc3n2)C1. The third-order valence-corrected chi connectivity index (χ3v) is 4.77. The maximum atomic E-state index is 12.8. The van der Waals surface area contributed by atoms with Gasteiger partial charge in [0.05, 0.1) is 11.6 Å². The summed E-state index contributed by atoms with van der Waals surface area (Å²) in [5.41, 5.74) is -0.286. The molecule has 1 N–H and O–H groups in total. The first-order chi connectivity index (χ1) is 13.3. The summed E-state index contributed by atoms with van der Waals surface area (Å²) in [5.74, 6) is -0.655. The Balaban J connectivity index is 1.52. The van der Waals surface area contributed by atoms with E-state index in [0.717, 1.165) is 42.2 Å². The Morgan fingerprint density at radius 1 is 1.21 bits per heavy atom. The Morgan fingerprint density at radius 3 is 2.71 bits per heavy atom. The van der Waals surface area contributed by atoms with Gasteiger partial charge in [0.2, 0.25) is 0 Å². The molecule has 0 bridgehead atoms. The smallest absolute Gasteiger partial charge is 0.321 e. The summed E-state index contributed by atoms with van der Waals surface area (Å²) in [6, 6.07) is 8.39. The van der Waals surface area contributed by atoms with Gasteiger partial charge in [0, 0.05) is 23.2 Å². The highest BCUT2D eigenvalue weighted by molar-refractivity contribution is 6.03. The Kier molecular flexibility index (Phi) is 4.37. The van der Waals surface area contributed by atoms with Crippen molar-refractivity contribution >= 4 is 28.8 Å². The van der Waals surface area contributed by atoms with Crippen molar-refractivity contribution in [2.24, 2.45) is 5.92 Å². The molecule has 3 aromatic rings. The van der Waals surface area contributed by atoms with E-state index in [4.69, 9.17) is 0 Å². The van der Waals surface area contributed by atoms with Crippen LogP contribution in [0.5, 0.6) is 0 Å². The highest BCUT2D eigenvalue weighted by Crippen LogP contribution is 2.36. The van der Waals surface area contributed by atoms with Crippen LogP contribution in [0.4, 0.5) is 18.9 Å². The van der Waals surface area contributed by atoms with Crippen LogP contribution < -0.4 is 5.32 Å². The molecule has 2 aromatic heterocycles. The van der Waals surface area contributed by atoms with Crippen LogP contribution in [-0.2, 0) is 11.0 Å². The molecular weight excluding hydrogens is 373 g/mol. The van der Waals surface area contributed by atoms with E-state index in [1.165, 1.54) is 6.07 Å². The first-order valence-electron chi connectivity index (χ1n) is 8.63. The van der Waals surface area contributed by atoms with Gasteiger partial charge in [-0.25, -0.2) is 4.98 Å². The Labute approximate surface area is 157 Å². The summed E-state index contributed by atoms with van der Waals surface area (Å²) in [5, 5.41) is 7.81. The predicted octanol–water partition coefficient (Wildman–Crippen LogP) is 3.85. The molecule has 1 amide bonds. The third kappa shape index (κ3) is 3.47. The summed E-state index contributed by atoms with van der Waals surface area (Å²) < 4.78 is 40.1. The largest absolute Gasteiger partial charge is 0.433 e. The number of aromatic nitrogens is 3. The standard InChI is InChI=1S/C19H15F3N4O2/c20-19(21,22)17-3-1-2-16(24-17)18(28)23-13-4-5-15-12(8-13)9-26(25-15)14-6-11(7-14)10-27/h1-5,8-11,14H,6-7H2,(H,23,28)/t11-,14-. The lowest BCUT2D eigenvalue weighted by Gasteiger charge is -2.31. The highest BCUT2D eigenvalue weighted by atomic mass is 19.4. The van der Waals surface area contributed by atoms with Crippen LogP contribution >= 0.6 is 0 Å². The lowest BCUT2D eigenvalue weighted by molar-refractivity contribution is -0.141. The minimum absolute atomic E-state index is 0.0760. The molecule has 28 heavy (non-hydrogen) atoms. The van der Waals surface area contributed by atoms with Gasteiger partial charge in [-0.15, -0.1) is 0 Å². The number of amides is 1. The van der Waals surface area contributed by atoms with Crippen molar-refractivity contribution in [3.8, 4) is 0 Å². The van der Waals surface area contributed by atoms with E-state index < -0.39 is 17.8 Å². The van der Waals surface area contributed by atoms with Crippen LogP contribution in [0.25, 0.3) is 10.9 Å². The second-order valence-electron chi connectivity index (χ2n) is 6.76. The average Bonchev–Trinajstić information content (AvgIpc) is 3.03. The first-order valence-corrected chi connectivity index (χ1v) is 8.63. The molecule has 0 radical (unpaired) electrons. The lowest BCUT2D eigenvalue weighted by Crippen LogP contribution is -2.27. The molecule has 4 rings (SSSR count). The number of hydrogen-bond donors (Lipinski definition) is 1. The van der Waals surface area contributed by atoms with Crippen molar-refractivity contribution in [2.45, 2.75) is 25.1 Å². The summed E-state index contributed by atoms with van der Waals surface area (Å²) in [6.45, 7) is 0. The fourth-order valence-electron chi connectivity index (χ4n) is 3.18. The second kappa shape index (κ2) is 6.74. The van der Waals surface area contributed by atoms with Crippen LogP contribution in [0, 0.1) is 5.92 Å². The van der Waals surface area contributed by atoms with E-state index in [1.54, 1.807) is 18.2 Å². The van der Waals surface area contributed by atoms with Crippen molar-refractivity contribution < 1.29 is 22.8 Å². The number of rotatable bonds is 4. The van der Waals surface area contributed by atoms with Crippen LogP contribution in [-0.4, -0.2) is 27.0 Å². The van der Waals surface area contributed by atoms with E-state index in [9.17, 15) is 22.8 Å². The number of carbonyl (C=O) groups is 2. The predicted molar refractivity (Wildman–Crippen MR) is 94.8 cm³/mol. The maximum Gasteiger partial charge on any atom is 0.433 e. The lowest BCUT2D eigenvalue weighted by atomic mass is 9.81. The fourth-order valence-corrected chi connectivity index (χ4v) is 3.18. The number of nitrogens with zero attached hydrogens (tertiary/aromatic N) is 3. The Bertz CT molecular complexity index is 1050. The molecule has 0 spiro atoms. The number of nitrogens with one attached hydrogen (secondary N) is 1. The molecule has 144 valence electrons. The van der Waals surface area contributed by atoms with Crippen molar-refractivity contribution in [1.29, 1.82) is 0 Å². The Morgan fingerprint density at radius 2 is 2.00 bits per heavy atom. The molecule has 9 heteroatoms. The highest BCUT2D eigenvalue weighted by Gasteiger charge is 2.33. The molecule has 0 unspecified atom stereocenters. The van der Waals surface area contributed by atoms with E-state index in [0.29, 0.717) is 5.69 Å². The quantitative estimate of drug-likeness (QED) is 0.689. The first kappa shape index (κ1) is 18.1. The van der Waals surface area contributed by atoms with Gasteiger partial charge < -0.3 is 10.1 Å². The van der Waals surface area contributed by atoms with E-state index in [1.807, 2.05) is 10.9 Å². The number of pyridine rings is 1. The van der Waals surface area contributed by atoms with Crippen molar-refractivity contribution in [3.63, 3.8) is 0 Å². The molecule has 6 nitrogen and oxygen atoms in total. The topological polar surface area (TPSA) is 76.9 Å². The van der Waals surface area contributed by atoms with Gasteiger partial charge in [-0.2, -0.15) is 18.3 Å². The normalized spacial score (nSPS) is 19.2. The van der Waals surface area contributed by atoms with Crippen molar-refractivity contribution in [3.05, 3.63) is 54.0 Å². The molecule has 1 fully saturated rings. The molecular formula is C19H15F3N4O2. The van der Waals surface area contributed by atoms with Crippen LogP contribution in [0.3, 0.4) is 0 Å². The number of anilines is 1. The zero-order chi connectivity index (χ0) is 19.9. The van der Waals surface area contributed by atoms with E-state index in [2.05, 4.69) is 15.4 Å². The number of fused-ring (bicyclic) bond motifs is 1. The van der Waals surface area contributed by atoms with E-state index in [-0.39, 0.29) is 17.7 Å². The minimum atomic E-state index is -4.62. The Hall–Kier alpha value is -3.23. The van der Waals surface area contributed by atoms with Gasteiger partial charge in [0.1, 0.15) is 17.7 Å². The molecule has 0 aliphatic heterocycles. The monoisotopic (exact) mass is 388 g/mol. The molecule has 1 saturated carbocycles. The number of halogens is 3. The average molecular weight is 388 g/mol. The molecule has 1 aliphatic rings. The zero-order valence-corrected chi connectivity index (χ0v) is 14.5. The number of carbonyl (C=O) groups excluding carboxylic acids is 2. The second-order valence-corrected chi connectivity index (χ2v) is 6.76. The molecule has 0 atom stereocenters. The summed E-state index contributed by atoms with van der Waals surface area (Å²) in [7, 11) is 0. The third-order valence-electron chi connectivity index (χ3n) is 4.77. The van der Waals surface area contributed by atoms with E-state index >= 15 is 0 Å². The minimum Gasteiger partial charge on any atom is -0.321 e. The molecule has 1 aromatic carbocycles. The van der Waals surface area contributed by atoms with Crippen LogP contribution in [0.15, 0.2) is 42.6 Å². The van der Waals surface area contributed by atoms with Crippen molar-refractivity contribution in [2.75, 3.05) is 5.32 Å². The number of benzene rings is 1. The number of hydrogen-bond acceptors (Lipinski definition) is 4. The summed E-state index contributed by atoms with van der Waals surface area (Å²) in [4.78, 5) is 26.4. The van der Waals surface area contributed by atoms with Gasteiger partial charge in [0.15, 0.2) is 0 Å². The fraction of sp³-hybridized carbons (Fsp3) is 0.263. The maximum absolute atomic E-state index is 12.8. The molecule has 0 saturated heterocycles. The van der Waals surface area contributed by atoms with Crippen molar-refractivity contribution in [1.82, 2.24) is 14.8 Å². The van der Waals surface area contributed by atoms with Crippen LogP contribution in [0.2, 0.25) is 0 Å². The van der Waals surface area contributed by atoms with Gasteiger partial charge >= 0.3 is 6.18 Å². The zero-order valence-electron chi connectivity index (χ0n) is 14.5. The number of aldehydes is 1. The molecule has 2 heterocycles. The summed E-state index contributed by atoms with van der Waals surface area (Å²) >= 11 is 0. The van der Waals surface area contributed by atoms with Gasteiger partial charge in [-0.3, -0.25) is 9.48 Å². The van der Waals surface area contributed by atoms with Gasteiger partial charge in [-0.1, -0.05) is 6.07 Å². The van der Waals surface area contributed by atoms with Crippen LogP contribution in [0.1, 0.15) is 35.1 Å². The molecule has 1 aliphatic carbocycles. The number of alkyl halides is 3.